The van der Waals surface area contributed by atoms with E-state index in [1.807, 2.05) is 84.9 Å². The van der Waals surface area contributed by atoms with Gasteiger partial charge in [-0.25, -0.2) is 8.42 Å². The number of sulfonamides is 1. The zero-order valence-corrected chi connectivity index (χ0v) is 19.6. The predicted molar refractivity (Wildman–Crippen MR) is 128 cm³/mol. The summed E-state index contributed by atoms with van der Waals surface area (Å²) in [5, 5.41) is 2.92. The van der Waals surface area contributed by atoms with Gasteiger partial charge in [-0.3, -0.25) is 9.59 Å². The summed E-state index contributed by atoms with van der Waals surface area (Å²) in [6, 6.07) is 24.9. The lowest BCUT2D eigenvalue weighted by atomic mass is 9.96. The lowest BCUT2D eigenvalue weighted by Gasteiger charge is -2.33. The highest BCUT2D eigenvalue weighted by Gasteiger charge is 2.38. The highest BCUT2D eigenvalue weighted by atomic mass is 32.2. The summed E-state index contributed by atoms with van der Waals surface area (Å²) in [7, 11) is -3.66. The molecule has 1 atom stereocenters. The third-order valence-corrected chi connectivity index (χ3v) is 7.06. The number of nitrogens with zero attached hydrogens (tertiary/aromatic N) is 1. The minimum Gasteiger partial charge on any atom is -0.454 e. The first kappa shape index (κ1) is 23.7. The van der Waals surface area contributed by atoms with E-state index >= 15 is 0 Å². The lowest BCUT2D eigenvalue weighted by Crippen LogP contribution is -2.49. The van der Waals surface area contributed by atoms with E-state index in [0.29, 0.717) is 0 Å². The minimum absolute atomic E-state index is 0.0884. The van der Waals surface area contributed by atoms with Crippen molar-refractivity contribution in [1.82, 2.24) is 9.62 Å². The average molecular weight is 479 g/mol. The molecular formula is C26H26N2O5S. The lowest BCUT2D eigenvalue weighted by molar-refractivity contribution is -0.152. The Morgan fingerprint density at radius 3 is 2.00 bits per heavy atom. The fraction of sp³-hybridized carbons (Fsp3) is 0.231. The van der Waals surface area contributed by atoms with Crippen LogP contribution in [0.4, 0.5) is 0 Å². The van der Waals surface area contributed by atoms with Crippen LogP contribution in [0.25, 0.3) is 0 Å². The number of carbonyl (C=O) groups excluding carboxylic acids is 2. The molecule has 1 aliphatic rings. The van der Waals surface area contributed by atoms with Crippen molar-refractivity contribution in [2.24, 2.45) is 0 Å². The molecule has 34 heavy (non-hydrogen) atoms. The van der Waals surface area contributed by atoms with Crippen molar-refractivity contribution in [3.8, 4) is 0 Å². The van der Waals surface area contributed by atoms with Gasteiger partial charge in [0.2, 0.25) is 10.0 Å². The molecule has 0 spiro atoms. The highest BCUT2D eigenvalue weighted by Crippen LogP contribution is 2.26. The molecule has 3 aromatic carbocycles. The fourth-order valence-electron chi connectivity index (χ4n) is 4.13. The molecule has 7 nitrogen and oxygen atoms in total. The summed E-state index contributed by atoms with van der Waals surface area (Å²) in [5.74, 6) is -1.22. The van der Waals surface area contributed by atoms with E-state index < -0.39 is 40.6 Å². The van der Waals surface area contributed by atoms with Crippen molar-refractivity contribution >= 4 is 21.9 Å². The van der Waals surface area contributed by atoms with Crippen LogP contribution in [-0.2, 0) is 37.3 Å². The topological polar surface area (TPSA) is 92.8 Å². The van der Waals surface area contributed by atoms with Gasteiger partial charge >= 0.3 is 5.97 Å². The molecule has 1 amide bonds. The van der Waals surface area contributed by atoms with Crippen LogP contribution < -0.4 is 5.32 Å². The van der Waals surface area contributed by atoms with Crippen LogP contribution in [0.2, 0.25) is 0 Å². The van der Waals surface area contributed by atoms with Crippen molar-refractivity contribution in [2.75, 3.05) is 12.9 Å². The molecule has 1 heterocycles. The molecule has 0 fully saturated rings. The van der Waals surface area contributed by atoms with Crippen LogP contribution in [0.3, 0.4) is 0 Å². The molecule has 1 aliphatic heterocycles. The van der Waals surface area contributed by atoms with Gasteiger partial charge in [0.05, 0.1) is 12.3 Å². The second kappa shape index (κ2) is 10.2. The Bertz CT molecular complexity index is 1220. The molecule has 0 unspecified atom stereocenters. The fourth-order valence-corrected chi connectivity index (χ4v) is 5.13. The van der Waals surface area contributed by atoms with Gasteiger partial charge in [0.25, 0.3) is 5.91 Å². The van der Waals surface area contributed by atoms with Crippen molar-refractivity contribution in [3.05, 3.63) is 107 Å². The van der Waals surface area contributed by atoms with Gasteiger partial charge in [-0.05, 0) is 22.3 Å². The van der Waals surface area contributed by atoms with Gasteiger partial charge in [-0.2, -0.15) is 4.31 Å². The number of hydrogen-bond donors (Lipinski definition) is 1. The van der Waals surface area contributed by atoms with E-state index in [9.17, 15) is 18.0 Å². The Morgan fingerprint density at radius 1 is 0.912 bits per heavy atom. The summed E-state index contributed by atoms with van der Waals surface area (Å²) in [5.41, 5.74) is 3.52. The normalized spacial score (nSPS) is 16.0. The van der Waals surface area contributed by atoms with E-state index in [1.165, 1.54) is 0 Å². The maximum Gasteiger partial charge on any atom is 0.325 e. The molecule has 1 N–H and O–H groups in total. The zero-order chi connectivity index (χ0) is 24.1. The molecule has 0 saturated carbocycles. The smallest absolute Gasteiger partial charge is 0.325 e. The first-order valence-electron chi connectivity index (χ1n) is 10.9. The van der Waals surface area contributed by atoms with Gasteiger partial charge in [0.1, 0.15) is 6.04 Å². The number of rotatable bonds is 7. The number of amides is 1. The Hall–Kier alpha value is -3.49. The predicted octanol–water partition coefficient (Wildman–Crippen LogP) is 2.82. The molecule has 0 radical (unpaired) electrons. The molecule has 0 saturated heterocycles. The summed E-state index contributed by atoms with van der Waals surface area (Å²) in [6.07, 6.45) is 1.26. The highest BCUT2D eigenvalue weighted by molar-refractivity contribution is 7.88. The monoisotopic (exact) mass is 478 g/mol. The van der Waals surface area contributed by atoms with Crippen LogP contribution in [0, 0.1) is 0 Å². The van der Waals surface area contributed by atoms with Crippen molar-refractivity contribution < 1.29 is 22.7 Å². The molecular weight excluding hydrogens is 452 g/mol. The maximum absolute atomic E-state index is 12.9. The molecule has 3 aromatic rings. The largest absolute Gasteiger partial charge is 0.454 e. The number of benzene rings is 3. The third kappa shape index (κ3) is 5.52. The number of esters is 1. The SMILES string of the molecule is CS(=O)(=O)N1Cc2ccccc2C[C@H]1C(=O)OCC(=O)NC(c1ccccc1)c1ccccc1. The van der Waals surface area contributed by atoms with Gasteiger partial charge in [0, 0.05) is 13.0 Å². The Labute approximate surface area is 199 Å². The minimum atomic E-state index is -3.66. The third-order valence-electron chi connectivity index (χ3n) is 5.82. The van der Waals surface area contributed by atoms with Gasteiger partial charge in [-0.1, -0.05) is 84.9 Å². The first-order chi connectivity index (χ1) is 16.3. The summed E-state index contributed by atoms with van der Waals surface area (Å²) in [6.45, 7) is -0.421. The molecule has 0 aromatic heterocycles. The summed E-state index contributed by atoms with van der Waals surface area (Å²) < 4.78 is 31.1. The van der Waals surface area contributed by atoms with Gasteiger partial charge < -0.3 is 10.1 Å². The van der Waals surface area contributed by atoms with E-state index in [0.717, 1.165) is 32.8 Å². The van der Waals surface area contributed by atoms with Crippen molar-refractivity contribution in [1.29, 1.82) is 0 Å². The van der Waals surface area contributed by atoms with E-state index in [2.05, 4.69) is 5.32 Å². The Morgan fingerprint density at radius 2 is 1.44 bits per heavy atom. The van der Waals surface area contributed by atoms with Crippen LogP contribution in [0.15, 0.2) is 84.9 Å². The van der Waals surface area contributed by atoms with E-state index in [1.54, 1.807) is 0 Å². The number of fused-ring (bicyclic) bond motifs is 1. The maximum atomic E-state index is 12.9. The molecule has 176 valence electrons. The standard InChI is InChI=1S/C26H26N2O5S/c1-34(31,32)28-17-22-15-9-8-14-21(22)16-23(28)26(30)33-18-24(29)27-25(19-10-4-2-5-11-19)20-12-6-3-7-13-20/h2-15,23,25H,16-18H2,1H3,(H,27,29)/t23-/m0/s1. The van der Waals surface area contributed by atoms with Crippen LogP contribution >= 0.6 is 0 Å². The first-order valence-corrected chi connectivity index (χ1v) is 12.8. The number of carbonyl (C=O) groups is 2. The van der Waals surface area contributed by atoms with Crippen LogP contribution in [-0.4, -0.2) is 43.5 Å². The number of nitrogens with one attached hydrogen (secondary N) is 1. The van der Waals surface area contributed by atoms with Crippen molar-refractivity contribution in [2.45, 2.75) is 25.0 Å². The van der Waals surface area contributed by atoms with Crippen molar-refractivity contribution in [3.63, 3.8) is 0 Å². The van der Waals surface area contributed by atoms with Crippen LogP contribution in [0.1, 0.15) is 28.3 Å². The Balaban J connectivity index is 1.46. The van der Waals surface area contributed by atoms with Gasteiger partial charge in [-0.15, -0.1) is 0 Å². The molecule has 0 bridgehead atoms. The van der Waals surface area contributed by atoms with E-state index in [-0.39, 0.29) is 13.0 Å². The molecule has 4 rings (SSSR count). The number of hydrogen-bond acceptors (Lipinski definition) is 5. The second-order valence-electron chi connectivity index (χ2n) is 8.23. The van der Waals surface area contributed by atoms with E-state index in [4.69, 9.17) is 4.74 Å². The number of ether oxygens (including phenoxy) is 1. The zero-order valence-electron chi connectivity index (χ0n) is 18.8. The van der Waals surface area contributed by atoms with Crippen LogP contribution in [0.5, 0.6) is 0 Å². The second-order valence-corrected chi connectivity index (χ2v) is 10.2. The Kier molecular flexibility index (Phi) is 7.09. The summed E-state index contributed by atoms with van der Waals surface area (Å²) >= 11 is 0. The average Bonchev–Trinajstić information content (AvgIpc) is 2.85. The molecule has 0 aliphatic carbocycles. The molecule has 8 heteroatoms. The quantitative estimate of drug-likeness (QED) is 0.527. The summed E-state index contributed by atoms with van der Waals surface area (Å²) in [4.78, 5) is 25.6. The van der Waals surface area contributed by atoms with Gasteiger partial charge in [0.15, 0.2) is 6.61 Å².